The van der Waals surface area contributed by atoms with Gasteiger partial charge in [-0.3, -0.25) is 0 Å². The average Bonchev–Trinajstić information content (AvgIpc) is 2.66. The quantitative estimate of drug-likeness (QED) is 0.816. The maximum Gasteiger partial charge on any atom is 0.138 e. The van der Waals surface area contributed by atoms with Crippen molar-refractivity contribution in [1.82, 2.24) is 9.97 Å². The Bertz CT molecular complexity index is 522. The van der Waals surface area contributed by atoms with Gasteiger partial charge in [0, 0.05) is 11.4 Å². The molecule has 0 atom stereocenters. The van der Waals surface area contributed by atoms with E-state index in [4.69, 9.17) is 0 Å². The Balaban J connectivity index is 2.08. The maximum absolute atomic E-state index is 4.38. The number of aromatic nitrogens is 2. The molecule has 0 radical (unpaired) electrons. The van der Waals surface area contributed by atoms with Gasteiger partial charge >= 0.3 is 0 Å². The van der Waals surface area contributed by atoms with E-state index in [-0.39, 0.29) is 0 Å². The first kappa shape index (κ1) is 13.6. The first-order valence-corrected chi connectivity index (χ1v) is 8.38. The minimum atomic E-state index is 0.987. The molecule has 0 bridgehead atoms. The lowest BCUT2D eigenvalue weighted by atomic mass is 10.2. The van der Waals surface area contributed by atoms with Gasteiger partial charge < -0.3 is 5.32 Å². The van der Waals surface area contributed by atoms with Gasteiger partial charge in [0.2, 0.25) is 0 Å². The Labute approximate surface area is 116 Å². The molecule has 2 aromatic heterocycles. The molecule has 5 heteroatoms. The number of thioether (sulfide) groups is 1. The molecule has 1 N–H and O–H groups in total. The van der Waals surface area contributed by atoms with Crippen molar-refractivity contribution in [2.45, 2.75) is 26.7 Å². The summed E-state index contributed by atoms with van der Waals surface area (Å²) in [6.07, 6.45) is 6.25. The number of hydrogen-bond acceptors (Lipinski definition) is 5. The number of fused-ring (bicyclic) bond motifs is 1. The largest absolute Gasteiger partial charge is 0.369 e. The van der Waals surface area contributed by atoms with Gasteiger partial charge in [0.05, 0.1) is 5.39 Å². The van der Waals surface area contributed by atoms with E-state index < -0.39 is 0 Å². The number of nitrogens with one attached hydrogen (secondary N) is 1. The number of aryl methyl sites for hydroxylation is 2. The summed E-state index contributed by atoms with van der Waals surface area (Å²) in [5, 5.41) is 4.65. The molecule has 0 saturated carbocycles. The van der Waals surface area contributed by atoms with E-state index in [2.05, 4.69) is 35.4 Å². The molecule has 0 aliphatic heterocycles. The zero-order chi connectivity index (χ0) is 13.0. The number of hydrogen-bond donors (Lipinski definition) is 1. The SMILES string of the molecule is CSCCCCNc1ncnc2sc(C)c(C)c12. The Kier molecular flexibility index (Phi) is 4.83. The Morgan fingerprint density at radius 2 is 2.11 bits per heavy atom. The topological polar surface area (TPSA) is 37.8 Å². The number of nitrogens with zero attached hydrogens (tertiary/aromatic N) is 2. The van der Waals surface area contributed by atoms with Crippen LogP contribution in [0.15, 0.2) is 6.33 Å². The second-order valence-corrected chi connectivity index (χ2v) is 6.50. The Morgan fingerprint density at radius 3 is 2.89 bits per heavy atom. The fourth-order valence-corrected chi connectivity index (χ4v) is 3.38. The third-order valence-corrected chi connectivity index (χ3v) is 4.85. The van der Waals surface area contributed by atoms with Gasteiger partial charge in [-0.2, -0.15) is 11.8 Å². The van der Waals surface area contributed by atoms with Crippen LogP contribution in [0.3, 0.4) is 0 Å². The molecule has 2 heterocycles. The monoisotopic (exact) mass is 281 g/mol. The molecule has 98 valence electrons. The van der Waals surface area contributed by atoms with Crippen LogP contribution in [0.2, 0.25) is 0 Å². The van der Waals surface area contributed by atoms with E-state index in [1.165, 1.54) is 34.4 Å². The average molecular weight is 281 g/mol. The number of anilines is 1. The van der Waals surface area contributed by atoms with Crippen LogP contribution in [0.4, 0.5) is 5.82 Å². The lowest BCUT2D eigenvalue weighted by Gasteiger charge is -2.06. The van der Waals surface area contributed by atoms with E-state index >= 15 is 0 Å². The van der Waals surface area contributed by atoms with Gasteiger partial charge in [-0.05, 0) is 44.3 Å². The second kappa shape index (κ2) is 6.38. The number of rotatable bonds is 6. The van der Waals surface area contributed by atoms with Crippen molar-refractivity contribution in [3.05, 3.63) is 16.8 Å². The summed E-state index contributed by atoms with van der Waals surface area (Å²) in [5.41, 5.74) is 1.31. The minimum Gasteiger partial charge on any atom is -0.369 e. The van der Waals surface area contributed by atoms with Crippen molar-refractivity contribution in [2.75, 3.05) is 23.9 Å². The molecule has 3 nitrogen and oxygen atoms in total. The summed E-state index contributed by atoms with van der Waals surface area (Å²) in [7, 11) is 0. The Hall–Kier alpha value is -0.810. The first-order chi connectivity index (χ1) is 8.74. The van der Waals surface area contributed by atoms with Crippen LogP contribution in [-0.4, -0.2) is 28.5 Å². The van der Waals surface area contributed by atoms with Crippen molar-refractivity contribution < 1.29 is 0 Å². The predicted molar refractivity (Wildman–Crippen MR) is 83.0 cm³/mol. The smallest absolute Gasteiger partial charge is 0.138 e. The van der Waals surface area contributed by atoms with Crippen molar-refractivity contribution >= 4 is 39.1 Å². The van der Waals surface area contributed by atoms with Crippen LogP contribution >= 0.6 is 23.1 Å². The molecule has 2 rings (SSSR count). The van der Waals surface area contributed by atoms with Gasteiger partial charge in [0.1, 0.15) is 17.0 Å². The van der Waals surface area contributed by atoms with Crippen LogP contribution in [0.1, 0.15) is 23.3 Å². The maximum atomic E-state index is 4.38. The van der Waals surface area contributed by atoms with Crippen LogP contribution in [0.25, 0.3) is 10.2 Å². The van der Waals surface area contributed by atoms with Crippen LogP contribution < -0.4 is 5.32 Å². The van der Waals surface area contributed by atoms with E-state index in [9.17, 15) is 0 Å². The van der Waals surface area contributed by atoms with E-state index in [0.29, 0.717) is 0 Å². The Morgan fingerprint density at radius 1 is 1.28 bits per heavy atom. The third kappa shape index (κ3) is 2.95. The summed E-state index contributed by atoms with van der Waals surface area (Å²) in [4.78, 5) is 11.1. The van der Waals surface area contributed by atoms with Gasteiger partial charge in [0.15, 0.2) is 0 Å². The highest BCUT2D eigenvalue weighted by Crippen LogP contribution is 2.32. The first-order valence-electron chi connectivity index (χ1n) is 6.17. The van der Waals surface area contributed by atoms with Crippen LogP contribution in [-0.2, 0) is 0 Å². The van der Waals surface area contributed by atoms with Crippen LogP contribution in [0, 0.1) is 13.8 Å². The fraction of sp³-hybridized carbons (Fsp3) is 0.538. The van der Waals surface area contributed by atoms with E-state index in [1.54, 1.807) is 17.7 Å². The molecule has 18 heavy (non-hydrogen) atoms. The van der Waals surface area contributed by atoms with Crippen molar-refractivity contribution in [2.24, 2.45) is 0 Å². The van der Waals surface area contributed by atoms with Gasteiger partial charge in [-0.25, -0.2) is 9.97 Å². The molecule has 0 unspecified atom stereocenters. The summed E-state index contributed by atoms with van der Waals surface area (Å²) in [6, 6.07) is 0. The summed E-state index contributed by atoms with van der Waals surface area (Å²) < 4.78 is 0. The molecule has 0 spiro atoms. The molecule has 0 saturated heterocycles. The minimum absolute atomic E-state index is 0.987. The zero-order valence-corrected chi connectivity index (χ0v) is 12.7. The summed E-state index contributed by atoms with van der Waals surface area (Å²) >= 11 is 3.65. The highest BCUT2D eigenvalue weighted by atomic mass is 32.2. The summed E-state index contributed by atoms with van der Waals surface area (Å²) in [6.45, 7) is 5.28. The lowest BCUT2D eigenvalue weighted by molar-refractivity contribution is 0.840. The molecule has 0 aliphatic rings. The van der Waals surface area contributed by atoms with Crippen molar-refractivity contribution in [1.29, 1.82) is 0 Å². The molecular formula is C13H19N3S2. The molecule has 0 amide bonds. The normalized spacial score (nSPS) is 11.1. The highest BCUT2D eigenvalue weighted by molar-refractivity contribution is 7.98. The summed E-state index contributed by atoms with van der Waals surface area (Å²) in [5.74, 6) is 2.23. The van der Waals surface area contributed by atoms with Crippen molar-refractivity contribution in [3.63, 3.8) is 0 Å². The fourth-order valence-electron chi connectivity index (χ4n) is 1.89. The predicted octanol–water partition coefficient (Wildman–Crippen LogP) is 3.86. The number of unbranched alkanes of at least 4 members (excludes halogenated alkanes) is 1. The van der Waals surface area contributed by atoms with Gasteiger partial charge in [-0.1, -0.05) is 0 Å². The third-order valence-electron chi connectivity index (χ3n) is 3.03. The lowest BCUT2D eigenvalue weighted by Crippen LogP contribution is -2.04. The molecule has 0 aromatic carbocycles. The van der Waals surface area contributed by atoms with Crippen LogP contribution in [0.5, 0.6) is 0 Å². The molecule has 2 aromatic rings. The van der Waals surface area contributed by atoms with Crippen molar-refractivity contribution in [3.8, 4) is 0 Å². The standard InChI is InChI=1S/C13H19N3S2/c1-9-10(2)18-13-11(9)12(15-8-16-13)14-6-4-5-7-17-3/h8H,4-7H2,1-3H3,(H,14,15,16). The van der Waals surface area contributed by atoms with Gasteiger partial charge in [-0.15, -0.1) is 11.3 Å². The zero-order valence-electron chi connectivity index (χ0n) is 11.1. The van der Waals surface area contributed by atoms with E-state index in [1.807, 2.05) is 11.8 Å². The van der Waals surface area contributed by atoms with E-state index in [0.717, 1.165) is 17.2 Å². The van der Waals surface area contributed by atoms with Gasteiger partial charge in [0.25, 0.3) is 0 Å². The second-order valence-electron chi connectivity index (χ2n) is 4.31. The molecule has 0 aliphatic carbocycles. The number of thiophene rings is 1. The highest BCUT2D eigenvalue weighted by Gasteiger charge is 2.11. The molecule has 0 fully saturated rings. The molecular weight excluding hydrogens is 262 g/mol.